The maximum atomic E-state index is 6.48. The first-order valence-corrected chi connectivity index (χ1v) is 22.2. The van der Waals surface area contributed by atoms with Crippen molar-refractivity contribution >= 4 is 28.6 Å². The summed E-state index contributed by atoms with van der Waals surface area (Å²) in [7, 11) is 0. The fourth-order valence-corrected chi connectivity index (χ4v) is 7.31. The Labute approximate surface area is 282 Å². The first-order valence-electron chi connectivity index (χ1n) is 14.8. The van der Waals surface area contributed by atoms with Crippen LogP contribution in [0, 0.1) is 19.1 Å². The molecule has 1 radical (unpaired) electrons. The van der Waals surface area contributed by atoms with E-state index in [0.717, 1.165) is 61.5 Å². The molecule has 3 nitrogen and oxygen atoms in total. The van der Waals surface area contributed by atoms with Crippen LogP contribution >= 0.6 is 0 Å². The average Bonchev–Trinajstić information content (AvgIpc) is 3.42. The van der Waals surface area contributed by atoms with Gasteiger partial charge in [0.25, 0.3) is 0 Å². The monoisotopic (exact) mass is 825 g/mol. The van der Waals surface area contributed by atoms with Crippen molar-refractivity contribution in [3.05, 3.63) is 151 Å². The summed E-state index contributed by atoms with van der Waals surface area (Å²) in [6.07, 6.45) is 3.85. The van der Waals surface area contributed by atoms with E-state index >= 15 is 0 Å². The Morgan fingerprint density at radius 1 is 0.667 bits per heavy atom. The molecule has 45 heavy (non-hydrogen) atoms. The maximum Gasteiger partial charge on any atom is 0.0160 e. The summed E-state index contributed by atoms with van der Waals surface area (Å²) in [6.45, 7) is 2.12. The molecule has 0 saturated carbocycles. The van der Waals surface area contributed by atoms with Crippen LogP contribution in [-0.4, -0.2) is 23.2 Å². The van der Waals surface area contributed by atoms with Gasteiger partial charge >= 0.3 is 187 Å². The number of fused-ring (bicyclic) bond motifs is 1. The van der Waals surface area contributed by atoms with Gasteiger partial charge in [0.15, 0.2) is 0 Å². The summed E-state index contributed by atoms with van der Waals surface area (Å²) in [4.78, 5) is 9.05. The van der Waals surface area contributed by atoms with Crippen molar-refractivity contribution in [2.45, 2.75) is 24.2 Å². The molecule has 0 fully saturated rings. The number of benzene rings is 4. The second-order valence-electron chi connectivity index (χ2n) is 11.8. The van der Waals surface area contributed by atoms with Gasteiger partial charge in [-0.05, 0) is 11.8 Å². The molecule has 7 rings (SSSR count). The van der Waals surface area contributed by atoms with Gasteiger partial charge in [0.05, 0.1) is 0 Å². The van der Waals surface area contributed by atoms with E-state index in [2.05, 4.69) is 102 Å². The van der Waals surface area contributed by atoms with Gasteiger partial charge in [0.1, 0.15) is 0 Å². The number of aryl methyl sites for hydroxylation is 1. The fourth-order valence-electron chi connectivity index (χ4n) is 5.14. The van der Waals surface area contributed by atoms with Crippen LogP contribution in [0.15, 0.2) is 138 Å². The predicted octanol–water partition coefficient (Wildman–Crippen LogP) is 10.0. The summed E-state index contributed by atoms with van der Waals surface area (Å²) in [5.41, 5.74) is 9.20. The van der Waals surface area contributed by atoms with Crippen LogP contribution in [0.5, 0.6) is 0 Å². The first kappa shape index (κ1) is 32.3. The number of pyridine rings is 2. The molecule has 5 heteroatoms. The van der Waals surface area contributed by atoms with Gasteiger partial charge in [-0.1, -0.05) is 18.2 Å². The molecule has 0 spiro atoms. The van der Waals surface area contributed by atoms with Gasteiger partial charge in [-0.3, -0.25) is 0 Å². The third-order valence-electron chi connectivity index (χ3n) is 7.62. The first-order chi connectivity index (χ1) is 21.4. The standard InChI is InChI=1S/C29H26GeNO.C11H8N.Ir/c1-20-25-17-23(27-16-15-24(19-31-27)30(2,3)4)18-26(21-11-7-5-8-12-21)29(25)32-28(20)22-13-9-6-10-14-22;1-2-6-10(7-3-1)11-8-4-5-9-12-11;/h5-16,18-19H,1-4H3;1-6,8-9H;/q2*-1;. The molecular formula is C40H34GeIrN2O-2. The van der Waals surface area contributed by atoms with Gasteiger partial charge in [-0.25, -0.2) is 0 Å². The Balaban J connectivity index is 0.000000258. The maximum absolute atomic E-state index is 6.48. The number of hydrogen-bond acceptors (Lipinski definition) is 3. The minimum absolute atomic E-state index is 0. The molecule has 0 saturated heterocycles. The molecule has 4 aromatic carbocycles. The van der Waals surface area contributed by atoms with Crippen molar-refractivity contribution in [3.63, 3.8) is 0 Å². The van der Waals surface area contributed by atoms with Crippen molar-refractivity contribution in [2.24, 2.45) is 0 Å². The molecule has 0 atom stereocenters. The van der Waals surface area contributed by atoms with Gasteiger partial charge in [0.2, 0.25) is 0 Å². The van der Waals surface area contributed by atoms with Crippen LogP contribution in [0.3, 0.4) is 0 Å². The summed E-state index contributed by atoms with van der Waals surface area (Å²) in [6, 6.07) is 47.7. The molecule has 0 bridgehead atoms. The molecule has 3 aromatic heterocycles. The Morgan fingerprint density at radius 2 is 1.33 bits per heavy atom. The van der Waals surface area contributed by atoms with Crippen molar-refractivity contribution in [3.8, 4) is 45.0 Å². The zero-order valence-corrected chi connectivity index (χ0v) is 30.3. The quantitative estimate of drug-likeness (QED) is 0.128. The molecule has 225 valence electrons. The van der Waals surface area contributed by atoms with Crippen molar-refractivity contribution in [1.29, 1.82) is 0 Å². The molecule has 0 amide bonds. The predicted molar refractivity (Wildman–Crippen MR) is 185 cm³/mol. The topological polar surface area (TPSA) is 38.9 Å². The SMILES string of the molecule is Cc1c(-c2ccccc2)oc2c(-c3ccccc3)cc(-c3cc[c]([Ge]([CH3])([CH3])[CH3])cn3)[c-]c12.[Ir].[c-]1ccccc1-c1ccccn1. The Bertz CT molecular complexity index is 1930. The normalized spacial score (nSPS) is 10.9. The van der Waals surface area contributed by atoms with E-state index < -0.39 is 13.3 Å². The summed E-state index contributed by atoms with van der Waals surface area (Å²) < 4.78 is 7.89. The largest absolute Gasteiger partial charge is 0.305 e. The molecular weight excluding hydrogens is 789 g/mol. The number of aromatic nitrogens is 2. The summed E-state index contributed by atoms with van der Waals surface area (Å²) >= 11 is -1.91. The van der Waals surface area contributed by atoms with E-state index in [0.29, 0.717) is 0 Å². The van der Waals surface area contributed by atoms with E-state index in [9.17, 15) is 0 Å². The Kier molecular flexibility index (Phi) is 10.3. The van der Waals surface area contributed by atoms with Gasteiger partial charge in [-0.2, -0.15) is 0 Å². The average molecular weight is 824 g/mol. The Morgan fingerprint density at radius 3 is 1.93 bits per heavy atom. The molecule has 3 heterocycles. The van der Waals surface area contributed by atoms with E-state index in [1.807, 2.05) is 66.7 Å². The van der Waals surface area contributed by atoms with Crippen molar-refractivity contribution in [2.75, 3.05) is 0 Å². The van der Waals surface area contributed by atoms with Crippen LogP contribution in [0.2, 0.25) is 17.3 Å². The van der Waals surface area contributed by atoms with E-state index in [4.69, 9.17) is 9.40 Å². The third kappa shape index (κ3) is 7.42. The van der Waals surface area contributed by atoms with Crippen molar-refractivity contribution in [1.82, 2.24) is 9.97 Å². The fraction of sp³-hybridized carbons (Fsp3) is 0.100. The van der Waals surface area contributed by atoms with Crippen LogP contribution < -0.4 is 4.40 Å². The minimum atomic E-state index is -1.91. The summed E-state index contributed by atoms with van der Waals surface area (Å²) in [5.74, 6) is 8.07. The smallest absolute Gasteiger partial charge is 0.0160 e. The molecule has 0 aliphatic heterocycles. The van der Waals surface area contributed by atoms with Crippen LogP contribution in [0.1, 0.15) is 5.56 Å². The van der Waals surface area contributed by atoms with Crippen molar-refractivity contribution < 1.29 is 24.5 Å². The zero-order valence-electron chi connectivity index (χ0n) is 25.8. The van der Waals surface area contributed by atoms with Gasteiger partial charge in [-0.15, -0.1) is 35.9 Å². The molecule has 0 aliphatic carbocycles. The second-order valence-corrected chi connectivity index (χ2v) is 22.4. The third-order valence-corrected chi connectivity index (χ3v) is 11.9. The number of furan rings is 1. The van der Waals surface area contributed by atoms with Crippen LogP contribution in [0.4, 0.5) is 0 Å². The number of rotatable bonds is 5. The second kappa shape index (κ2) is 14.3. The minimum Gasteiger partial charge on any atom is -0.305 e. The molecule has 0 unspecified atom stereocenters. The zero-order chi connectivity index (χ0) is 30.5. The summed E-state index contributed by atoms with van der Waals surface area (Å²) in [5, 5.41) is 1.01. The Hall–Kier alpha value is -4.09. The van der Waals surface area contributed by atoms with E-state index in [-0.39, 0.29) is 20.1 Å². The number of nitrogens with zero attached hydrogens (tertiary/aromatic N) is 2. The molecule has 7 aromatic rings. The number of hydrogen-bond donors (Lipinski definition) is 0. The molecule has 0 aliphatic rings. The van der Waals surface area contributed by atoms with Crippen LogP contribution in [-0.2, 0) is 20.1 Å². The van der Waals surface area contributed by atoms with Crippen LogP contribution in [0.25, 0.3) is 55.9 Å². The van der Waals surface area contributed by atoms with E-state index in [1.54, 1.807) is 6.20 Å². The van der Waals surface area contributed by atoms with Gasteiger partial charge in [0, 0.05) is 26.3 Å². The van der Waals surface area contributed by atoms with E-state index in [1.165, 1.54) is 4.40 Å². The molecule has 0 N–H and O–H groups in total. The van der Waals surface area contributed by atoms with Gasteiger partial charge < -0.3 is 4.98 Å².